The zero-order chi connectivity index (χ0) is 19.8. The molecule has 1 saturated carbocycles. The van der Waals surface area contributed by atoms with Crippen molar-refractivity contribution in [1.82, 2.24) is 4.98 Å². The Bertz CT molecular complexity index is 758. The maximum atomic E-state index is 12.3. The number of oxime groups is 1. The number of rotatable bonds is 4. The Morgan fingerprint density at radius 2 is 2.19 bits per heavy atom. The Morgan fingerprint density at radius 3 is 2.78 bits per heavy atom. The zero-order valence-corrected chi connectivity index (χ0v) is 16.3. The zero-order valence-electron chi connectivity index (χ0n) is 16.3. The molecular weight excluding hydrogens is 344 g/mol. The molecule has 2 fully saturated rings. The highest BCUT2D eigenvalue weighted by Crippen LogP contribution is 2.52. The van der Waals surface area contributed by atoms with Gasteiger partial charge in [-0.05, 0) is 56.2 Å². The lowest BCUT2D eigenvalue weighted by molar-refractivity contribution is -0.160. The highest BCUT2D eigenvalue weighted by molar-refractivity contribution is 5.98. The third-order valence-electron chi connectivity index (χ3n) is 6.29. The number of aliphatic hydroxyl groups is 1. The molecule has 1 aromatic heterocycles. The van der Waals surface area contributed by atoms with Gasteiger partial charge < -0.3 is 15.1 Å². The summed E-state index contributed by atoms with van der Waals surface area (Å²) in [5, 5.41) is 23.1. The normalized spacial score (nSPS) is 36.7. The van der Waals surface area contributed by atoms with E-state index in [4.69, 9.17) is 9.94 Å². The van der Waals surface area contributed by atoms with Crippen LogP contribution in [-0.4, -0.2) is 38.7 Å². The Hall–Kier alpha value is -2.21. The second kappa shape index (κ2) is 7.43. The molecule has 2 aliphatic rings. The molecule has 6 atom stereocenters. The molecule has 0 bridgehead atoms. The molecule has 1 saturated heterocycles. The second-order valence-corrected chi connectivity index (χ2v) is 7.91. The molecule has 146 valence electrons. The van der Waals surface area contributed by atoms with E-state index < -0.39 is 11.6 Å². The molecule has 0 radical (unpaired) electrons. The van der Waals surface area contributed by atoms with E-state index in [9.17, 15) is 9.90 Å². The Morgan fingerprint density at radius 1 is 1.44 bits per heavy atom. The molecule has 1 aliphatic heterocycles. The molecule has 0 aromatic carbocycles. The summed E-state index contributed by atoms with van der Waals surface area (Å²) in [6, 6.07) is 3.71. The van der Waals surface area contributed by atoms with Gasteiger partial charge in [-0.1, -0.05) is 31.5 Å². The summed E-state index contributed by atoms with van der Waals surface area (Å²) in [4.78, 5) is 16.7. The van der Waals surface area contributed by atoms with Gasteiger partial charge in [-0.3, -0.25) is 4.98 Å². The van der Waals surface area contributed by atoms with Gasteiger partial charge >= 0.3 is 5.97 Å². The van der Waals surface area contributed by atoms with Crippen molar-refractivity contribution < 1.29 is 19.8 Å². The maximum absolute atomic E-state index is 12.3. The van der Waals surface area contributed by atoms with E-state index in [0.717, 1.165) is 17.7 Å². The van der Waals surface area contributed by atoms with Crippen molar-refractivity contribution in [3.05, 3.63) is 35.7 Å². The molecule has 1 aliphatic carbocycles. The lowest BCUT2D eigenvalue weighted by atomic mass is 9.59. The third-order valence-corrected chi connectivity index (χ3v) is 6.29. The molecule has 1 aromatic rings. The van der Waals surface area contributed by atoms with E-state index in [1.165, 1.54) is 0 Å². The van der Waals surface area contributed by atoms with Crippen molar-refractivity contribution in [2.75, 3.05) is 0 Å². The van der Waals surface area contributed by atoms with Crippen LogP contribution in [0.4, 0.5) is 0 Å². The van der Waals surface area contributed by atoms with Crippen LogP contribution in [0.25, 0.3) is 6.08 Å². The minimum absolute atomic E-state index is 0.0346. The first-order valence-electron chi connectivity index (χ1n) is 9.58. The molecule has 2 N–H and O–H groups in total. The lowest BCUT2D eigenvalue weighted by Gasteiger charge is -2.45. The topological polar surface area (TPSA) is 92.0 Å². The largest absolute Gasteiger partial charge is 0.460 e. The first-order chi connectivity index (χ1) is 12.8. The van der Waals surface area contributed by atoms with Crippen LogP contribution in [0.5, 0.6) is 0 Å². The smallest absolute Gasteiger partial charge is 0.338 e. The molecule has 0 unspecified atom stereocenters. The Kier molecular flexibility index (Phi) is 5.38. The van der Waals surface area contributed by atoms with Gasteiger partial charge in [0.2, 0.25) is 0 Å². The molecular formula is C21H28N2O4. The number of pyridine rings is 1. The quantitative estimate of drug-likeness (QED) is 0.366. The predicted molar refractivity (Wildman–Crippen MR) is 102 cm³/mol. The summed E-state index contributed by atoms with van der Waals surface area (Å²) < 4.78 is 5.41. The van der Waals surface area contributed by atoms with Crippen molar-refractivity contribution in [3.8, 4) is 0 Å². The summed E-state index contributed by atoms with van der Waals surface area (Å²) in [6.45, 7) is 7.83. The standard InChI is InChI=1S/C21H28N2O4/c1-5-17-12(2)10-21(25)19(14(4)27-20(21)24)18(17)9-8-16-7-6-15(11-22-16)13(3)23-26/h6-9,11-12,14,17-19,25-26H,5,10H2,1-4H3/b9-8+,23-13?/t12-,14+,17+,18-,19-,21-/m0/s1. The Balaban J connectivity index is 1.90. The first-order valence-corrected chi connectivity index (χ1v) is 9.58. The van der Waals surface area contributed by atoms with Crippen LogP contribution < -0.4 is 0 Å². The van der Waals surface area contributed by atoms with Crippen molar-refractivity contribution in [2.24, 2.45) is 28.8 Å². The van der Waals surface area contributed by atoms with Crippen molar-refractivity contribution in [1.29, 1.82) is 0 Å². The van der Waals surface area contributed by atoms with E-state index in [1.54, 1.807) is 13.1 Å². The van der Waals surface area contributed by atoms with Crippen LogP contribution in [0.15, 0.2) is 29.6 Å². The number of hydrogen-bond acceptors (Lipinski definition) is 6. The minimum atomic E-state index is -1.40. The van der Waals surface area contributed by atoms with Crippen LogP contribution in [-0.2, 0) is 9.53 Å². The average Bonchev–Trinajstić information content (AvgIpc) is 2.87. The van der Waals surface area contributed by atoms with E-state index in [2.05, 4.69) is 30.1 Å². The molecule has 0 amide bonds. The van der Waals surface area contributed by atoms with E-state index in [0.29, 0.717) is 18.1 Å². The van der Waals surface area contributed by atoms with E-state index in [-0.39, 0.29) is 23.9 Å². The SMILES string of the molecule is CC[C@H]1[C@H](/C=C/c2ccc(C(C)=NO)cn2)[C@@H]2[C@@H](C)OC(=O)[C@]2(O)C[C@@H]1C. The second-order valence-electron chi connectivity index (χ2n) is 7.91. The minimum Gasteiger partial charge on any atom is -0.460 e. The van der Waals surface area contributed by atoms with Crippen LogP contribution in [0.2, 0.25) is 0 Å². The fourth-order valence-electron chi connectivity index (χ4n) is 4.93. The number of hydrogen-bond donors (Lipinski definition) is 2. The van der Waals surface area contributed by atoms with Gasteiger partial charge in [0.1, 0.15) is 6.10 Å². The third kappa shape index (κ3) is 3.38. The fourth-order valence-corrected chi connectivity index (χ4v) is 4.93. The van der Waals surface area contributed by atoms with Crippen LogP contribution in [0.3, 0.4) is 0 Å². The van der Waals surface area contributed by atoms with Crippen LogP contribution in [0, 0.1) is 23.7 Å². The van der Waals surface area contributed by atoms with Crippen LogP contribution >= 0.6 is 0 Å². The molecule has 27 heavy (non-hydrogen) atoms. The number of esters is 1. The van der Waals surface area contributed by atoms with Gasteiger partial charge in [0.05, 0.1) is 11.4 Å². The Labute approximate surface area is 160 Å². The highest BCUT2D eigenvalue weighted by atomic mass is 16.6. The average molecular weight is 372 g/mol. The van der Waals surface area contributed by atoms with E-state index in [1.807, 2.05) is 25.1 Å². The number of carbonyl (C=O) groups is 1. The maximum Gasteiger partial charge on any atom is 0.338 e. The van der Waals surface area contributed by atoms with Gasteiger partial charge in [-0.15, -0.1) is 0 Å². The van der Waals surface area contributed by atoms with Crippen molar-refractivity contribution >= 4 is 17.8 Å². The van der Waals surface area contributed by atoms with E-state index >= 15 is 0 Å². The molecule has 6 heteroatoms. The van der Waals surface area contributed by atoms with Gasteiger partial charge in [-0.25, -0.2) is 4.79 Å². The molecule has 3 rings (SSSR count). The summed E-state index contributed by atoms with van der Waals surface area (Å²) in [5.41, 5.74) is 0.640. The predicted octanol–water partition coefficient (Wildman–Crippen LogP) is 3.27. The molecule has 2 heterocycles. The summed E-state index contributed by atoms with van der Waals surface area (Å²) in [5.74, 6) is -0.104. The van der Waals surface area contributed by atoms with Crippen LogP contribution in [0.1, 0.15) is 51.8 Å². The molecule has 6 nitrogen and oxygen atoms in total. The van der Waals surface area contributed by atoms with Gasteiger partial charge in [0, 0.05) is 17.7 Å². The van der Waals surface area contributed by atoms with Gasteiger partial charge in [-0.2, -0.15) is 0 Å². The number of ether oxygens (including phenoxy) is 1. The fraction of sp³-hybridized carbons (Fsp3) is 0.571. The van der Waals surface area contributed by atoms with Gasteiger partial charge in [0.25, 0.3) is 0 Å². The number of fused-ring (bicyclic) bond motifs is 1. The van der Waals surface area contributed by atoms with Crippen molar-refractivity contribution in [2.45, 2.75) is 52.2 Å². The summed E-state index contributed by atoms with van der Waals surface area (Å²) >= 11 is 0. The number of cyclic esters (lactones) is 1. The number of carbonyl (C=O) groups excluding carboxylic acids is 1. The summed E-state index contributed by atoms with van der Waals surface area (Å²) in [7, 11) is 0. The first kappa shape index (κ1) is 19.5. The number of allylic oxidation sites excluding steroid dienone is 1. The highest BCUT2D eigenvalue weighted by Gasteiger charge is 2.62. The van der Waals surface area contributed by atoms with Gasteiger partial charge in [0.15, 0.2) is 5.60 Å². The summed E-state index contributed by atoms with van der Waals surface area (Å²) in [6.07, 6.45) is 6.80. The number of aromatic nitrogens is 1. The van der Waals surface area contributed by atoms with Crippen molar-refractivity contribution in [3.63, 3.8) is 0 Å². The lowest BCUT2D eigenvalue weighted by Crippen LogP contribution is -2.53. The monoisotopic (exact) mass is 372 g/mol. The molecule has 0 spiro atoms. The number of nitrogens with zero attached hydrogens (tertiary/aromatic N) is 2.